The molecule has 188 valence electrons. The summed E-state index contributed by atoms with van der Waals surface area (Å²) in [6, 6.07) is 7.38. The summed E-state index contributed by atoms with van der Waals surface area (Å²) in [6.07, 6.45) is 1.67. The normalized spacial score (nSPS) is 22.6. The molecule has 36 heavy (non-hydrogen) atoms. The number of aromatic nitrogens is 4. The summed E-state index contributed by atoms with van der Waals surface area (Å²) in [6.45, 7) is 3.56. The lowest BCUT2D eigenvalue weighted by Gasteiger charge is -2.22. The van der Waals surface area contributed by atoms with Gasteiger partial charge in [-0.2, -0.15) is 4.98 Å². The quantitative estimate of drug-likeness (QED) is 0.254. The van der Waals surface area contributed by atoms with Crippen LogP contribution >= 0.6 is 11.3 Å². The molecule has 1 fully saturated rings. The van der Waals surface area contributed by atoms with Gasteiger partial charge in [0.05, 0.1) is 40.3 Å². The van der Waals surface area contributed by atoms with E-state index in [9.17, 15) is 19.7 Å². The molecule has 5 N–H and O–H groups in total. The molecule has 0 spiro atoms. The lowest BCUT2D eigenvalue weighted by Crippen LogP contribution is -2.35. The molecule has 9 nitrogen and oxygen atoms in total. The summed E-state index contributed by atoms with van der Waals surface area (Å²) in [4.78, 5) is 18.3. The van der Waals surface area contributed by atoms with E-state index in [1.54, 1.807) is 24.5 Å². The molecule has 5 rings (SSSR count). The molecular weight excluding hydrogens is 483 g/mol. The van der Waals surface area contributed by atoms with E-state index in [1.165, 1.54) is 23.5 Å². The summed E-state index contributed by atoms with van der Waals surface area (Å²) >= 11 is 1.48. The van der Waals surface area contributed by atoms with Crippen molar-refractivity contribution >= 4 is 33.3 Å². The van der Waals surface area contributed by atoms with E-state index in [-0.39, 0.29) is 18.5 Å². The van der Waals surface area contributed by atoms with Crippen LogP contribution in [-0.2, 0) is 0 Å². The summed E-state index contributed by atoms with van der Waals surface area (Å²) in [5, 5.41) is 37.8. The van der Waals surface area contributed by atoms with Crippen LogP contribution in [0.1, 0.15) is 30.6 Å². The van der Waals surface area contributed by atoms with Crippen LogP contribution in [0.2, 0.25) is 0 Å². The number of anilines is 2. The maximum absolute atomic E-state index is 13.4. The van der Waals surface area contributed by atoms with Crippen molar-refractivity contribution in [3.63, 3.8) is 0 Å². The fourth-order valence-corrected chi connectivity index (χ4v) is 5.57. The largest absolute Gasteiger partial charge is 0.396 e. The predicted octanol–water partition coefficient (Wildman–Crippen LogP) is 3.28. The zero-order valence-corrected chi connectivity index (χ0v) is 20.6. The minimum atomic E-state index is -1.07. The molecule has 0 aliphatic heterocycles. The van der Waals surface area contributed by atoms with Crippen LogP contribution in [0.25, 0.3) is 20.8 Å². The van der Waals surface area contributed by atoms with Gasteiger partial charge >= 0.3 is 0 Å². The molecule has 3 aromatic heterocycles. The number of nitrogens with zero attached hydrogens (tertiary/aromatic N) is 4. The Morgan fingerprint density at radius 1 is 1.11 bits per heavy atom. The van der Waals surface area contributed by atoms with Crippen LogP contribution in [-0.4, -0.2) is 60.1 Å². The van der Waals surface area contributed by atoms with E-state index in [1.807, 2.05) is 19.9 Å². The number of halogens is 1. The Hall–Kier alpha value is -3.25. The fraction of sp³-hybridized carbons (Fsp3) is 0.360. The van der Waals surface area contributed by atoms with Gasteiger partial charge in [0, 0.05) is 18.7 Å². The number of aliphatic hydroxyl groups is 3. The molecule has 5 atom stereocenters. The first-order valence-electron chi connectivity index (χ1n) is 11.7. The Bertz CT molecular complexity index is 1330. The Morgan fingerprint density at radius 2 is 1.89 bits per heavy atom. The third kappa shape index (κ3) is 4.74. The lowest BCUT2D eigenvalue weighted by molar-refractivity contribution is 0.00446. The first kappa shape index (κ1) is 24.4. The average Bonchev–Trinajstić information content (AvgIpc) is 3.40. The second kappa shape index (κ2) is 10.0. The van der Waals surface area contributed by atoms with Gasteiger partial charge in [-0.05, 0) is 44.0 Å². The second-order valence-electron chi connectivity index (χ2n) is 9.05. The minimum Gasteiger partial charge on any atom is -0.396 e. The van der Waals surface area contributed by atoms with Crippen molar-refractivity contribution in [1.82, 2.24) is 19.9 Å². The van der Waals surface area contributed by atoms with Crippen molar-refractivity contribution in [3.05, 3.63) is 59.8 Å². The highest BCUT2D eigenvalue weighted by Crippen LogP contribution is 2.38. The first-order chi connectivity index (χ1) is 17.3. The van der Waals surface area contributed by atoms with Gasteiger partial charge in [0.1, 0.15) is 28.3 Å². The molecule has 0 amide bonds. The highest BCUT2D eigenvalue weighted by Gasteiger charge is 2.41. The third-order valence-corrected chi connectivity index (χ3v) is 7.62. The smallest absolute Gasteiger partial charge is 0.225 e. The minimum absolute atomic E-state index is 0.199. The van der Waals surface area contributed by atoms with Crippen LogP contribution in [0.5, 0.6) is 0 Å². The number of aryl methyl sites for hydroxylation is 1. The van der Waals surface area contributed by atoms with Crippen LogP contribution in [0.4, 0.5) is 16.2 Å². The standard InChI is InChI=1S/C25H27FN6O3S/c1-12(14-3-5-16(26)6-4-14)28-25-29-13(2)20(24-31-18-10-27-8-7-19(18)36-24)23(32-25)30-17-9-15(11-33)21(34)22(17)35/h3-8,10,12,15,17,21-22,33-35H,9,11H2,1-2H3,(H2,28,29,30,32)/t12-,15-,17-,21-,22+/m1/s1. The topological polar surface area (TPSA) is 136 Å². The number of hydrogen-bond acceptors (Lipinski definition) is 10. The number of rotatable bonds is 7. The van der Waals surface area contributed by atoms with E-state index in [0.29, 0.717) is 34.5 Å². The van der Waals surface area contributed by atoms with Crippen molar-refractivity contribution in [3.8, 4) is 10.6 Å². The van der Waals surface area contributed by atoms with Crippen molar-refractivity contribution in [2.24, 2.45) is 5.92 Å². The zero-order valence-electron chi connectivity index (χ0n) is 19.8. The van der Waals surface area contributed by atoms with E-state index < -0.39 is 24.2 Å². The Labute approximate surface area is 211 Å². The maximum Gasteiger partial charge on any atom is 0.225 e. The van der Waals surface area contributed by atoms with E-state index >= 15 is 0 Å². The number of nitrogens with one attached hydrogen (secondary N) is 2. The molecule has 0 radical (unpaired) electrons. The van der Waals surface area contributed by atoms with Crippen molar-refractivity contribution in [2.75, 3.05) is 17.2 Å². The monoisotopic (exact) mass is 510 g/mol. The Morgan fingerprint density at radius 3 is 2.58 bits per heavy atom. The van der Waals surface area contributed by atoms with E-state index in [0.717, 1.165) is 15.8 Å². The molecule has 0 bridgehead atoms. The average molecular weight is 511 g/mol. The Kier molecular flexibility index (Phi) is 6.80. The van der Waals surface area contributed by atoms with Gasteiger partial charge in [-0.1, -0.05) is 12.1 Å². The molecule has 1 saturated carbocycles. The highest BCUT2D eigenvalue weighted by atomic mass is 32.1. The predicted molar refractivity (Wildman–Crippen MR) is 136 cm³/mol. The summed E-state index contributed by atoms with van der Waals surface area (Å²) in [5.74, 6) is 0.0650. The maximum atomic E-state index is 13.4. The summed E-state index contributed by atoms with van der Waals surface area (Å²) < 4.78 is 14.3. The van der Waals surface area contributed by atoms with Crippen LogP contribution < -0.4 is 10.6 Å². The number of fused-ring (bicyclic) bond motifs is 1. The second-order valence-corrected chi connectivity index (χ2v) is 10.1. The number of pyridine rings is 1. The third-order valence-electron chi connectivity index (χ3n) is 6.57. The highest BCUT2D eigenvalue weighted by molar-refractivity contribution is 7.21. The molecular formula is C25H27FN6O3S. The van der Waals surface area contributed by atoms with Crippen LogP contribution in [0.15, 0.2) is 42.7 Å². The van der Waals surface area contributed by atoms with Gasteiger partial charge in [0.2, 0.25) is 5.95 Å². The first-order valence-corrected chi connectivity index (χ1v) is 12.5. The molecule has 1 aliphatic carbocycles. The molecule has 0 saturated heterocycles. The van der Waals surface area contributed by atoms with Crippen molar-refractivity contribution < 1.29 is 19.7 Å². The van der Waals surface area contributed by atoms with E-state index in [4.69, 9.17) is 9.97 Å². The molecule has 1 aliphatic rings. The van der Waals surface area contributed by atoms with Gasteiger partial charge in [-0.25, -0.2) is 14.4 Å². The molecule has 4 aromatic rings. The van der Waals surface area contributed by atoms with Crippen molar-refractivity contribution in [2.45, 2.75) is 44.6 Å². The zero-order chi connectivity index (χ0) is 25.4. The molecule has 11 heteroatoms. The Balaban J connectivity index is 1.53. The number of thiazole rings is 1. The lowest BCUT2D eigenvalue weighted by atomic mass is 10.1. The molecule has 0 unspecified atom stereocenters. The van der Waals surface area contributed by atoms with Gasteiger partial charge in [0.15, 0.2) is 0 Å². The summed E-state index contributed by atoms with van der Waals surface area (Å²) in [7, 11) is 0. The fourth-order valence-electron chi connectivity index (χ4n) is 4.54. The summed E-state index contributed by atoms with van der Waals surface area (Å²) in [5.41, 5.74) is 2.98. The van der Waals surface area contributed by atoms with Crippen LogP contribution in [0.3, 0.4) is 0 Å². The van der Waals surface area contributed by atoms with Crippen molar-refractivity contribution in [1.29, 1.82) is 0 Å². The number of benzene rings is 1. The van der Waals surface area contributed by atoms with Crippen LogP contribution in [0, 0.1) is 18.7 Å². The van der Waals surface area contributed by atoms with Gasteiger partial charge in [-0.15, -0.1) is 11.3 Å². The number of hydrogen-bond donors (Lipinski definition) is 5. The SMILES string of the molecule is Cc1nc(N[C@H](C)c2ccc(F)cc2)nc(N[C@@H]2C[C@H](CO)[C@@H](O)[C@H]2O)c1-c1nc2cnccc2s1. The molecule has 3 heterocycles. The molecule has 1 aromatic carbocycles. The van der Waals surface area contributed by atoms with E-state index in [2.05, 4.69) is 20.6 Å². The number of aliphatic hydroxyl groups excluding tert-OH is 3. The van der Waals surface area contributed by atoms with Gasteiger partial charge in [0.25, 0.3) is 0 Å². The van der Waals surface area contributed by atoms with Gasteiger partial charge < -0.3 is 26.0 Å². The van der Waals surface area contributed by atoms with Gasteiger partial charge in [-0.3, -0.25) is 4.98 Å².